The third-order valence-corrected chi connectivity index (χ3v) is 27.2. The first-order valence-corrected chi connectivity index (χ1v) is 93.9. The van der Waals surface area contributed by atoms with E-state index < -0.39 is 11.9 Å². The van der Waals surface area contributed by atoms with Gasteiger partial charge in [-0.3, -0.25) is 15.0 Å². The summed E-state index contributed by atoms with van der Waals surface area (Å²) in [5.41, 5.74) is 43.4. The Kier molecular flexibility index (Phi) is 43.0. The summed E-state index contributed by atoms with van der Waals surface area (Å²) in [4.78, 5) is 19.6. The number of aromatic nitrogens is 6. The van der Waals surface area contributed by atoms with Crippen molar-refractivity contribution in [2.45, 2.75) is 65.2 Å². The number of pyridine rings is 3. The van der Waals surface area contributed by atoms with E-state index >= 15 is 0 Å². The summed E-state index contributed by atoms with van der Waals surface area (Å²) < 4.78 is 9.38. The molecule has 0 saturated heterocycles. The Morgan fingerprint density at radius 3 is 0.952 bits per heavy atom. The molecule has 0 unspecified atom stereocenters. The Hall–Kier alpha value is -5.01. The molecular formula is C121H108Br2Cl4I5K2N10PtV. The molecule has 24 rings (SSSR count). The molecular weight excluding hydrogens is 2850 g/mol. The first-order chi connectivity index (χ1) is 70.2. The van der Waals surface area contributed by atoms with E-state index in [1.165, 1.54) is 207 Å². The van der Waals surface area contributed by atoms with Crippen molar-refractivity contribution in [2.75, 3.05) is 47.7 Å². The average molecular weight is 2960 g/mol. The fourth-order valence-corrected chi connectivity index (χ4v) is 20.6. The molecule has 0 amide bonds. The van der Waals surface area contributed by atoms with Crippen molar-refractivity contribution in [3.63, 3.8) is 0 Å². The fraction of sp³-hybridized carbons (Fsp3) is 0.132. The molecule has 6 heterocycles. The minimum atomic E-state index is -3.06. The fourth-order valence-electron chi connectivity index (χ4n) is 19.9. The number of nitrogens with zero attached hydrogens (tertiary/aromatic N) is 7. The van der Waals surface area contributed by atoms with Crippen LogP contribution < -0.4 is 21.3 Å². The van der Waals surface area contributed by atoms with E-state index in [4.69, 9.17) is 43.4 Å². The van der Waals surface area contributed by atoms with Crippen molar-refractivity contribution in [1.29, 1.82) is 0 Å². The van der Waals surface area contributed by atoms with Crippen LogP contribution >= 0.6 is 175 Å². The van der Waals surface area contributed by atoms with Crippen LogP contribution in [-0.2, 0) is 33.1 Å². The van der Waals surface area contributed by atoms with Gasteiger partial charge in [-0.25, -0.2) is 0 Å². The Bertz CT molecular complexity index is 7760. The summed E-state index contributed by atoms with van der Waals surface area (Å²) in [5, 5.41) is 13.5. The van der Waals surface area contributed by atoms with Crippen molar-refractivity contribution < 1.29 is 16.8 Å². The SMILES string of the molecule is Brc1cccc(-c2ccccn2)c1.C.CC1(C)c2ccccc2-c2cc3c4cc(Br)ccc4n(-c4ccccc4)c3cc21.CC1(C)c2ccccc2-c2cc3c4cc(N(c5cccc(-c6ccccn6)c5)c5cccc(-c6ccccn6)c5)ccc4n(-c4ccccc4)c3cc21.CC1(C)c2ccccc2-c2cc3c4cc(N)ccc4n(-c4ccccc4)c3cc21.CI.CI.CNCCNC.[Cl][Pt]([Cl])([Cl])[Cl].[I][V]([I])[I].[K][K]. The third kappa shape index (κ3) is 26.5. The van der Waals surface area contributed by atoms with Crippen molar-refractivity contribution in [1.82, 2.24) is 39.3 Å². The average Bonchev–Trinajstić information content (AvgIpc) is 1.55. The molecule has 0 aliphatic heterocycles. The van der Waals surface area contributed by atoms with Crippen molar-refractivity contribution in [3.8, 4) is 84.2 Å². The second-order valence-corrected chi connectivity index (χ2v) is 92.6. The predicted molar refractivity (Wildman–Crippen MR) is 677 cm³/mol. The number of nitrogen functional groups attached to an aromatic ring is 1. The third-order valence-electron chi connectivity index (χ3n) is 26.2. The Morgan fingerprint density at radius 1 is 0.322 bits per heavy atom. The summed E-state index contributed by atoms with van der Waals surface area (Å²) in [7, 11) is 23.9. The monoisotopic (exact) mass is 2960 g/mol. The minimum absolute atomic E-state index is 0. The van der Waals surface area contributed by atoms with Gasteiger partial charge < -0.3 is 35.0 Å². The van der Waals surface area contributed by atoms with Gasteiger partial charge in [-0.2, -0.15) is 0 Å². The van der Waals surface area contributed by atoms with Gasteiger partial charge in [-0.1, -0.05) is 308 Å². The van der Waals surface area contributed by atoms with Crippen LogP contribution in [0.4, 0.5) is 22.7 Å². The molecule has 0 spiro atoms. The zero-order valence-electron chi connectivity index (χ0n) is 82.1. The Labute approximate surface area is 1000 Å². The summed E-state index contributed by atoms with van der Waals surface area (Å²) in [5.74, 6) is 0. The van der Waals surface area contributed by atoms with Gasteiger partial charge in [0.1, 0.15) is 0 Å². The van der Waals surface area contributed by atoms with E-state index in [-0.39, 0.29) is 28.6 Å². The predicted octanol–water partition coefficient (Wildman–Crippen LogP) is 37.5. The zero-order chi connectivity index (χ0) is 103. The number of hydrogen-bond acceptors (Lipinski definition) is 7. The molecule has 0 radical (unpaired) electrons. The molecule has 4 N–H and O–H groups in total. The standard InChI is InChI=1S/C49H36N4.C27H20BrN.C27H22N2.C11H8BrN.C4H12N2.2CH3I.CH4.4ClH.3HI.2K.Pt.V/c1-49(2)43-21-7-6-20-39(43)40-31-42-41-30-38(24-25-47(41)53(48(42)32-44(40)49)35-16-4-3-5-17-35)52(36-18-12-14-33(28-36)45-22-8-10-26-50-45)37-19-13-15-34(29-37)46-23-9-11-27-51-46;2*1-27(2)23-11-7-6-10-19(23)20-15-22-21-14-17(28)12-13-25(21)29(26(22)16-24(20)27)18-8-4-3-5-9-18;12-10-5-3-4-9(8-10)11-6-1-2-7-13-11;1-5-3-4-6-2;2*1-2;;;;;;;;;;;;/h3-32H,1-2H3;3-16H,1-2H3;3-16H,28H2,1-2H3;1-8H;5-6H,3-4H2,1-2H3;2*1H3;1H4;7*1H;;;;/q;;;;;;;;;;;;;;;;;+4;+3/p-7. The first kappa shape index (κ1) is 117. The number of fused-ring (bicyclic) bond motifs is 18. The number of alkyl halides is 2. The van der Waals surface area contributed by atoms with Gasteiger partial charge in [-0.05, 0) is 291 Å². The second kappa shape index (κ2) is 53.9. The van der Waals surface area contributed by atoms with Crippen LogP contribution in [0.3, 0.4) is 0 Å². The number of likely N-dealkylation sites (N-methyl/N-ethyl adjacent to an activating group) is 2. The van der Waals surface area contributed by atoms with E-state index in [2.05, 4.69) is 538 Å². The van der Waals surface area contributed by atoms with E-state index in [9.17, 15) is 0 Å². The van der Waals surface area contributed by atoms with Crippen molar-refractivity contribution in [3.05, 3.63) is 443 Å². The van der Waals surface area contributed by atoms with E-state index in [1.807, 2.05) is 103 Å². The van der Waals surface area contributed by atoms with Crippen molar-refractivity contribution >= 4 is 326 Å². The van der Waals surface area contributed by atoms with Crippen LogP contribution in [-0.4, -0.2) is 129 Å². The van der Waals surface area contributed by atoms with Gasteiger partial charge in [0.05, 0.1) is 50.2 Å². The Balaban J connectivity index is 0.000000155. The molecule has 736 valence electrons. The maximum absolute atomic E-state index is 6.19. The van der Waals surface area contributed by atoms with Crippen LogP contribution in [0, 0.1) is 0 Å². The van der Waals surface area contributed by atoms with Gasteiger partial charge in [0, 0.05) is 146 Å². The number of para-hydroxylation sites is 3. The molecule has 21 aromatic rings. The number of nitrogens with one attached hydrogen (secondary N) is 2. The maximum atomic E-state index is 6.19. The number of hydrogen-bond donors (Lipinski definition) is 3. The van der Waals surface area contributed by atoms with Gasteiger partial charge in [0.2, 0.25) is 0 Å². The Morgan fingerprint density at radius 2 is 0.610 bits per heavy atom. The second-order valence-electron chi connectivity index (χ2n) is 35.7. The zero-order valence-corrected chi connectivity index (χ0v) is 109. The van der Waals surface area contributed by atoms with Crippen LogP contribution in [0.5, 0.6) is 0 Å². The molecule has 0 saturated carbocycles. The molecule has 15 aromatic carbocycles. The quantitative estimate of drug-likeness (QED) is 0.0368. The van der Waals surface area contributed by atoms with Gasteiger partial charge >= 0.3 is 178 Å². The van der Waals surface area contributed by atoms with E-state index in [1.54, 1.807) is 6.20 Å². The molecule has 146 heavy (non-hydrogen) atoms. The molecule has 3 aliphatic rings. The molecule has 6 aromatic heterocycles. The van der Waals surface area contributed by atoms with E-state index in [0.717, 1.165) is 84.2 Å². The number of rotatable bonds is 12. The molecule has 25 heteroatoms. The first-order valence-electron chi connectivity index (χ1n) is 47.2. The van der Waals surface area contributed by atoms with Gasteiger partial charge in [-0.15, -0.1) is 0 Å². The number of benzene rings is 15. The summed E-state index contributed by atoms with van der Waals surface area (Å²) in [6, 6.07) is 136. The molecule has 0 atom stereocenters. The molecule has 3 aliphatic carbocycles. The summed E-state index contributed by atoms with van der Waals surface area (Å²) >= 11 is 18.2. The normalized spacial score (nSPS) is 12.5. The van der Waals surface area contributed by atoms with Crippen LogP contribution in [0.15, 0.2) is 410 Å². The number of anilines is 4. The summed E-state index contributed by atoms with van der Waals surface area (Å²) in [6.45, 7) is 16.2. The van der Waals surface area contributed by atoms with Crippen LogP contribution in [0.2, 0.25) is 0 Å². The van der Waals surface area contributed by atoms with Crippen LogP contribution in [0.25, 0.3) is 150 Å². The van der Waals surface area contributed by atoms with Crippen LogP contribution in [0.1, 0.15) is 82.3 Å². The summed E-state index contributed by atoms with van der Waals surface area (Å²) in [6.07, 6.45) is 5.50. The molecule has 10 nitrogen and oxygen atoms in total. The van der Waals surface area contributed by atoms with E-state index in [0.29, 0.717) is 0 Å². The van der Waals surface area contributed by atoms with Gasteiger partial charge in [0.15, 0.2) is 0 Å². The number of nitrogens with two attached hydrogens (primary N) is 1. The topological polar surface area (TPSA) is 107 Å². The molecule has 0 bridgehead atoms. The number of halogens is 11. The molecule has 0 fully saturated rings. The van der Waals surface area contributed by atoms with Gasteiger partial charge in [0.25, 0.3) is 0 Å². The van der Waals surface area contributed by atoms with Crippen molar-refractivity contribution in [2.24, 2.45) is 0 Å².